The molecule has 7 N–H and O–H groups in total. The van der Waals surface area contributed by atoms with Gasteiger partial charge in [-0.1, -0.05) is 18.9 Å². The van der Waals surface area contributed by atoms with Crippen LogP contribution in [0, 0.1) is 0 Å². The van der Waals surface area contributed by atoms with E-state index in [1.54, 1.807) is 32.1 Å². The third-order valence-electron chi connectivity index (χ3n) is 8.84. The monoisotopic (exact) mass is 839 g/mol. The van der Waals surface area contributed by atoms with E-state index in [9.17, 15) is 43.6 Å². The number of carbonyl (C=O) groups is 4. The number of carbonyl (C=O) groups excluding carboxylic acids is 3. The van der Waals surface area contributed by atoms with Crippen LogP contribution >= 0.6 is 20.0 Å². The zero-order chi connectivity index (χ0) is 42.2. The molecule has 1 aliphatic heterocycles. The number of benzene rings is 3. The van der Waals surface area contributed by atoms with Gasteiger partial charge in [-0.3, -0.25) is 28.2 Å². The molecule has 0 spiro atoms. The topological polar surface area (TPSA) is 246 Å². The number of phosphoric ester groups is 1. The van der Waals surface area contributed by atoms with Crippen molar-refractivity contribution in [2.75, 3.05) is 51.8 Å². The van der Waals surface area contributed by atoms with Gasteiger partial charge in [0, 0.05) is 67.4 Å². The normalized spacial score (nSPS) is 12.1. The highest BCUT2D eigenvalue weighted by atomic mass is 32.1. The lowest BCUT2D eigenvalue weighted by molar-refractivity contribution is -0.134. The number of aromatic carboxylic acids is 1. The van der Waals surface area contributed by atoms with Gasteiger partial charge in [0.2, 0.25) is 17.7 Å². The minimum absolute atomic E-state index is 0.00190. The zero-order valence-electron chi connectivity index (χ0n) is 32.2. The quantitative estimate of drug-likeness (QED) is 0.0197. The average Bonchev–Trinajstić information content (AvgIpc) is 3.18. The summed E-state index contributed by atoms with van der Waals surface area (Å²) in [5.41, 5.74) is 1.85. The molecule has 0 radical (unpaired) electrons. The molecule has 2 aliphatic rings. The maximum absolute atomic E-state index is 12.5. The standard InChI is InChI=1S/C38H47BN5O12PS/c1-40-34(48)23-44(35(49)22-39)16-15-41-33(47)7-6-18-55-57(52,53)54-17-5-3-2-4-14-42-38(58)43-24-8-11-27(30(19-24)37(50)51)36-28-12-9-25(45)20-31(28)56-32-21-26(46)10-13-29(32)36/h8-13,19-21,45H,2-7,14-18,22-23,39H2,1H3,(H,40,48)(H,41,47)(H,50,51)(H,52,53)(H2,42,43,58). The van der Waals surface area contributed by atoms with E-state index in [4.69, 9.17) is 25.7 Å². The number of fused-ring (bicyclic) bond motifs is 2. The van der Waals surface area contributed by atoms with Crippen LogP contribution in [0.4, 0.5) is 5.69 Å². The second kappa shape index (κ2) is 22.0. The largest absolute Gasteiger partial charge is 0.508 e. The van der Waals surface area contributed by atoms with Gasteiger partial charge in [0.05, 0.1) is 25.3 Å². The second-order valence-corrected chi connectivity index (χ2v) is 15.0. The maximum atomic E-state index is 12.5. The number of unbranched alkanes of at least 4 members (excludes halogenated alkanes) is 3. The van der Waals surface area contributed by atoms with Gasteiger partial charge in [0.1, 0.15) is 24.9 Å². The smallest absolute Gasteiger partial charge is 0.472 e. The molecule has 0 fully saturated rings. The molecule has 310 valence electrons. The molecule has 1 heterocycles. The minimum Gasteiger partial charge on any atom is -0.508 e. The number of carboxylic acid groups (broad SMARTS) is 1. The van der Waals surface area contributed by atoms with E-state index in [2.05, 4.69) is 21.3 Å². The van der Waals surface area contributed by atoms with Crippen molar-refractivity contribution in [3.63, 3.8) is 0 Å². The number of nitrogens with one attached hydrogen (secondary N) is 4. The number of hydrogen-bond acceptors (Lipinski definition) is 11. The molecule has 2 aromatic carbocycles. The molecule has 1 unspecified atom stereocenters. The molecule has 1 aliphatic carbocycles. The van der Waals surface area contributed by atoms with Crippen LogP contribution < -0.4 is 26.7 Å². The number of amides is 3. The summed E-state index contributed by atoms with van der Waals surface area (Å²) in [6.45, 7) is 0.553. The molecule has 3 amide bonds. The van der Waals surface area contributed by atoms with Crippen LogP contribution in [-0.4, -0.2) is 103 Å². The Morgan fingerprint density at radius 1 is 0.897 bits per heavy atom. The van der Waals surface area contributed by atoms with Gasteiger partial charge in [0.15, 0.2) is 10.5 Å². The van der Waals surface area contributed by atoms with Gasteiger partial charge in [-0.15, -0.1) is 0 Å². The SMILES string of the molecule is BCC(=O)N(CCNC(=O)CCCOP(=O)(O)OCCCCCCNC(=S)Nc1ccc(-c2c3ccc(=O)cc-3oc3cc(O)ccc23)c(C(=O)O)c1)CC(=O)NC. The molecule has 0 bridgehead atoms. The lowest BCUT2D eigenvalue weighted by Gasteiger charge is -2.21. The molecule has 17 nitrogen and oxygen atoms in total. The number of thiocarbonyl (C=S) groups is 1. The van der Waals surface area contributed by atoms with Gasteiger partial charge in [-0.25, -0.2) is 9.36 Å². The van der Waals surface area contributed by atoms with Crippen molar-refractivity contribution in [2.45, 2.75) is 44.8 Å². The van der Waals surface area contributed by atoms with Crippen LogP contribution in [0.3, 0.4) is 0 Å². The molecule has 4 rings (SSSR count). The molecule has 20 heteroatoms. The van der Waals surface area contributed by atoms with Gasteiger partial charge < -0.3 is 45.7 Å². The third-order valence-corrected chi connectivity index (χ3v) is 10.1. The van der Waals surface area contributed by atoms with E-state index in [-0.39, 0.29) is 103 Å². The Morgan fingerprint density at radius 2 is 1.62 bits per heavy atom. The summed E-state index contributed by atoms with van der Waals surface area (Å²) < 4.78 is 28.1. The number of phenols is 1. The predicted molar refractivity (Wildman–Crippen MR) is 224 cm³/mol. The van der Waals surface area contributed by atoms with E-state index in [1.165, 1.54) is 42.3 Å². The molecule has 58 heavy (non-hydrogen) atoms. The van der Waals surface area contributed by atoms with Gasteiger partial charge in [0.25, 0.3) is 0 Å². The fraction of sp³-hybridized carbons (Fsp3) is 0.368. The summed E-state index contributed by atoms with van der Waals surface area (Å²) in [5, 5.41) is 32.3. The van der Waals surface area contributed by atoms with Crippen molar-refractivity contribution in [2.24, 2.45) is 0 Å². The number of carboxylic acids is 1. The minimum atomic E-state index is -4.30. The number of nitrogens with zero attached hydrogens (tertiary/aromatic N) is 1. The fourth-order valence-corrected chi connectivity index (χ4v) is 6.95. The van der Waals surface area contributed by atoms with Crippen molar-refractivity contribution in [3.8, 4) is 28.2 Å². The van der Waals surface area contributed by atoms with Gasteiger partial charge >= 0.3 is 13.8 Å². The number of hydrogen-bond donors (Lipinski definition) is 7. The molecule has 1 atom stereocenters. The molecule has 0 aromatic heterocycles. The van der Waals surface area contributed by atoms with E-state index < -0.39 is 13.8 Å². The number of phosphoric acid groups is 1. The summed E-state index contributed by atoms with van der Waals surface area (Å²) >= 11 is 5.42. The molecular weight excluding hydrogens is 792 g/mol. The Hall–Kier alpha value is -5.33. The summed E-state index contributed by atoms with van der Waals surface area (Å²) in [6, 6.07) is 13.6. The van der Waals surface area contributed by atoms with Gasteiger partial charge in [-0.05, 0) is 79.8 Å². The predicted octanol–water partition coefficient (Wildman–Crippen LogP) is 3.47. The van der Waals surface area contributed by atoms with Gasteiger partial charge in [-0.2, -0.15) is 0 Å². The Morgan fingerprint density at radius 3 is 2.34 bits per heavy atom. The average molecular weight is 840 g/mol. The first kappa shape index (κ1) is 45.4. The van der Waals surface area contributed by atoms with Crippen LogP contribution in [0.5, 0.6) is 5.75 Å². The number of likely N-dealkylation sites (N-methyl/N-ethyl adjacent to an activating group) is 1. The molecule has 0 saturated heterocycles. The number of phenolic OH excluding ortho intramolecular Hbond substituents is 1. The summed E-state index contributed by atoms with van der Waals surface area (Å²) in [7, 11) is -1.14. The van der Waals surface area contributed by atoms with Crippen LogP contribution in [-0.2, 0) is 28.0 Å². The van der Waals surface area contributed by atoms with E-state index >= 15 is 0 Å². The van der Waals surface area contributed by atoms with Crippen molar-refractivity contribution >= 4 is 73.3 Å². The number of anilines is 1. The first-order chi connectivity index (χ1) is 27.7. The number of aromatic hydroxyl groups is 1. The highest BCUT2D eigenvalue weighted by molar-refractivity contribution is 7.80. The molecular formula is C38H47BN5O12PS. The molecule has 2 aromatic rings. The highest BCUT2D eigenvalue weighted by Gasteiger charge is 2.23. The third kappa shape index (κ3) is 13.7. The number of rotatable bonds is 22. The highest BCUT2D eigenvalue weighted by Crippen LogP contribution is 2.44. The van der Waals surface area contributed by atoms with Crippen LogP contribution in [0.15, 0.2) is 63.8 Å². The van der Waals surface area contributed by atoms with Crippen LogP contribution in [0.1, 0.15) is 48.9 Å². The van der Waals surface area contributed by atoms with Crippen molar-refractivity contribution in [3.05, 3.63) is 70.4 Å². The first-order valence-electron chi connectivity index (χ1n) is 18.7. The molecule has 0 saturated carbocycles. The lowest BCUT2D eigenvalue weighted by atomic mass is 9.90. The van der Waals surface area contributed by atoms with Crippen LogP contribution in [0.25, 0.3) is 33.4 Å². The first-order valence-corrected chi connectivity index (χ1v) is 20.6. The second-order valence-electron chi connectivity index (χ2n) is 13.1. The van der Waals surface area contributed by atoms with E-state index in [1.807, 2.05) is 0 Å². The summed E-state index contributed by atoms with van der Waals surface area (Å²) in [6.07, 6.45) is 3.10. The van der Waals surface area contributed by atoms with E-state index in [0.29, 0.717) is 47.2 Å². The summed E-state index contributed by atoms with van der Waals surface area (Å²) in [5.74, 6) is -1.85. The maximum Gasteiger partial charge on any atom is 0.472 e. The fourth-order valence-electron chi connectivity index (χ4n) is 5.94. The van der Waals surface area contributed by atoms with Crippen molar-refractivity contribution in [1.29, 1.82) is 0 Å². The summed E-state index contributed by atoms with van der Waals surface area (Å²) in [4.78, 5) is 71.6. The van der Waals surface area contributed by atoms with E-state index in [0.717, 1.165) is 12.8 Å². The zero-order valence-corrected chi connectivity index (χ0v) is 33.9. The Labute approximate surface area is 340 Å². The Balaban J connectivity index is 1.14. The van der Waals surface area contributed by atoms with Crippen LogP contribution in [0.2, 0.25) is 6.32 Å². The Kier molecular flexibility index (Phi) is 17.2. The van der Waals surface area contributed by atoms with Crippen molar-refractivity contribution < 1.29 is 52.3 Å². The van der Waals surface area contributed by atoms with Crippen molar-refractivity contribution in [1.82, 2.24) is 20.9 Å². The lowest BCUT2D eigenvalue weighted by Crippen LogP contribution is -2.43. The Bertz CT molecular complexity index is 2190.